The molecule has 1 fully saturated rings. The predicted molar refractivity (Wildman–Crippen MR) is 63.1 cm³/mol. The van der Waals surface area contributed by atoms with Crippen LogP contribution in [0.2, 0.25) is 0 Å². The molecule has 6 heteroatoms. The highest BCUT2D eigenvalue weighted by Gasteiger charge is 2.32. The van der Waals surface area contributed by atoms with Crippen molar-refractivity contribution in [3.63, 3.8) is 0 Å². The molecule has 1 amide bonds. The van der Waals surface area contributed by atoms with Gasteiger partial charge < -0.3 is 10.6 Å². The summed E-state index contributed by atoms with van der Waals surface area (Å²) in [6, 6.07) is -1.22. The molecule has 0 radical (unpaired) electrons. The molecule has 0 aromatic carbocycles. The third kappa shape index (κ3) is 5.25. The molecule has 3 unspecified atom stereocenters. The van der Waals surface area contributed by atoms with E-state index >= 15 is 0 Å². The number of hydrogen-bond donors (Lipinski definition) is 2. The van der Waals surface area contributed by atoms with Crippen molar-refractivity contribution in [2.45, 2.75) is 57.8 Å². The maximum absolute atomic E-state index is 12.1. The summed E-state index contributed by atoms with van der Waals surface area (Å²) in [5.74, 6) is 0.171. The van der Waals surface area contributed by atoms with Crippen molar-refractivity contribution in [3.05, 3.63) is 0 Å². The van der Waals surface area contributed by atoms with Gasteiger partial charge in [0.25, 0.3) is 0 Å². The molecule has 0 aromatic heterocycles. The summed E-state index contributed by atoms with van der Waals surface area (Å²) < 4.78 is 36.4. The van der Waals surface area contributed by atoms with Crippen LogP contribution >= 0.6 is 0 Å². The molecule has 18 heavy (non-hydrogen) atoms. The van der Waals surface area contributed by atoms with Crippen LogP contribution in [0.25, 0.3) is 0 Å². The maximum Gasteiger partial charge on any atom is 0.391 e. The van der Waals surface area contributed by atoms with Gasteiger partial charge in [0.05, 0.1) is 12.5 Å². The number of alkyl halides is 3. The Morgan fingerprint density at radius 1 is 1.50 bits per heavy atom. The summed E-state index contributed by atoms with van der Waals surface area (Å²) in [5, 5.41) is 5.49. The first-order valence-corrected chi connectivity index (χ1v) is 6.42. The van der Waals surface area contributed by atoms with Crippen molar-refractivity contribution in [2.75, 3.05) is 6.54 Å². The Morgan fingerprint density at radius 3 is 2.72 bits per heavy atom. The highest BCUT2D eigenvalue weighted by atomic mass is 19.4. The zero-order chi connectivity index (χ0) is 13.8. The lowest BCUT2D eigenvalue weighted by Gasteiger charge is -2.30. The summed E-state index contributed by atoms with van der Waals surface area (Å²) in [7, 11) is 0. The number of rotatable bonds is 4. The average Bonchev–Trinajstić information content (AvgIpc) is 2.26. The summed E-state index contributed by atoms with van der Waals surface area (Å²) in [4.78, 5) is 11.8. The molecular weight excluding hydrogens is 245 g/mol. The summed E-state index contributed by atoms with van der Waals surface area (Å²) in [5.41, 5.74) is 0. The van der Waals surface area contributed by atoms with Crippen LogP contribution < -0.4 is 10.6 Å². The highest BCUT2D eigenvalue weighted by molar-refractivity contribution is 5.82. The van der Waals surface area contributed by atoms with Crippen LogP contribution in [0, 0.1) is 5.92 Å². The van der Waals surface area contributed by atoms with Gasteiger partial charge in [-0.25, -0.2) is 0 Å². The van der Waals surface area contributed by atoms with Crippen molar-refractivity contribution in [1.29, 1.82) is 0 Å². The van der Waals surface area contributed by atoms with Crippen LogP contribution in [-0.4, -0.2) is 30.7 Å². The molecule has 0 aliphatic carbocycles. The van der Waals surface area contributed by atoms with Gasteiger partial charge in [-0.2, -0.15) is 13.2 Å². The van der Waals surface area contributed by atoms with Crippen molar-refractivity contribution >= 4 is 5.91 Å². The number of piperidine rings is 1. The SMILES string of the molecule is CCC1CCNC(C(=O)NC(C)CC(F)(F)F)C1. The number of hydrogen-bond acceptors (Lipinski definition) is 2. The molecule has 1 rings (SSSR count). The van der Waals surface area contributed by atoms with E-state index in [2.05, 4.69) is 17.6 Å². The standard InChI is InChI=1S/C12H21F3N2O/c1-3-9-4-5-16-10(6-9)11(18)17-8(2)7-12(13,14)15/h8-10,16H,3-7H2,1-2H3,(H,17,18). The first-order chi connectivity index (χ1) is 8.31. The fourth-order valence-corrected chi connectivity index (χ4v) is 2.31. The molecular formula is C12H21F3N2O. The zero-order valence-corrected chi connectivity index (χ0v) is 10.8. The van der Waals surface area contributed by atoms with Crippen molar-refractivity contribution in [3.8, 4) is 0 Å². The van der Waals surface area contributed by atoms with E-state index in [-0.39, 0.29) is 11.9 Å². The average molecular weight is 266 g/mol. The van der Waals surface area contributed by atoms with Gasteiger partial charge >= 0.3 is 6.18 Å². The predicted octanol–water partition coefficient (Wildman–Crippen LogP) is 2.22. The van der Waals surface area contributed by atoms with Gasteiger partial charge in [-0.15, -0.1) is 0 Å². The second-order valence-corrected chi connectivity index (χ2v) is 5.03. The van der Waals surface area contributed by atoms with Gasteiger partial charge in [-0.3, -0.25) is 4.79 Å². The van der Waals surface area contributed by atoms with Gasteiger partial charge in [-0.05, 0) is 32.2 Å². The van der Waals surface area contributed by atoms with Crippen molar-refractivity contribution < 1.29 is 18.0 Å². The normalized spacial score (nSPS) is 26.7. The largest absolute Gasteiger partial charge is 0.391 e. The zero-order valence-electron chi connectivity index (χ0n) is 10.8. The number of nitrogens with one attached hydrogen (secondary N) is 2. The molecule has 0 spiro atoms. The molecule has 0 saturated carbocycles. The van der Waals surface area contributed by atoms with E-state index in [4.69, 9.17) is 0 Å². The summed E-state index contributed by atoms with van der Waals surface area (Å²) in [6.45, 7) is 4.20. The first-order valence-electron chi connectivity index (χ1n) is 6.42. The van der Waals surface area contributed by atoms with Crippen LogP contribution in [0.1, 0.15) is 39.5 Å². The second-order valence-electron chi connectivity index (χ2n) is 5.03. The minimum absolute atomic E-state index is 0.315. The Bertz CT molecular complexity index is 281. The second kappa shape index (κ2) is 6.41. The number of carbonyl (C=O) groups excluding carboxylic acids is 1. The number of halogens is 3. The van der Waals surface area contributed by atoms with Crippen molar-refractivity contribution in [2.24, 2.45) is 5.92 Å². The molecule has 1 aliphatic heterocycles. The number of carbonyl (C=O) groups is 1. The van der Waals surface area contributed by atoms with Gasteiger partial charge in [0.1, 0.15) is 0 Å². The van der Waals surface area contributed by atoms with Gasteiger partial charge in [0, 0.05) is 6.04 Å². The van der Waals surface area contributed by atoms with Gasteiger partial charge in [0.15, 0.2) is 0 Å². The lowest BCUT2D eigenvalue weighted by Crippen LogP contribution is -2.51. The monoisotopic (exact) mass is 266 g/mol. The van der Waals surface area contributed by atoms with Gasteiger partial charge in [-0.1, -0.05) is 13.3 Å². The Morgan fingerprint density at radius 2 is 2.17 bits per heavy atom. The lowest BCUT2D eigenvalue weighted by atomic mass is 9.90. The lowest BCUT2D eigenvalue weighted by molar-refractivity contribution is -0.142. The fraction of sp³-hybridized carbons (Fsp3) is 0.917. The van der Waals surface area contributed by atoms with Crippen LogP contribution in [0.5, 0.6) is 0 Å². The van der Waals surface area contributed by atoms with E-state index in [1.165, 1.54) is 6.92 Å². The number of amides is 1. The Kier molecular flexibility index (Phi) is 5.44. The molecule has 0 aromatic rings. The smallest absolute Gasteiger partial charge is 0.352 e. The molecule has 3 nitrogen and oxygen atoms in total. The Hall–Kier alpha value is -0.780. The van der Waals surface area contributed by atoms with Crippen LogP contribution in [-0.2, 0) is 4.79 Å². The quantitative estimate of drug-likeness (QED) is 0.819. The molecule has 2 N–H and O–H groups in total. The molecule has 106 valence electrons. The minimum atomic E-state index is -4.24. The topological polar surface area (TPSA) is 41.1 Å². The molecule has 1 aliphatic rings. The van der Waals surface area contributed by atoms with E-state index < -0.39 is 18.6 Å². The summed E-state index contributed by atoms with van der Waals surface area (Å²) >= 11 is 0. The Labute approximate surface area is 106 Å². The van der Waals surface area contributed by atoms with E-state index in [9.17, 15) is 18.0 Å². The molecule has 1 heterocycles. The molecule has 3 atom stereocenters. The maximum atomic E-state index is 12.1. The van der Waals surface area contributed by atoms with E-state index in [0.29, 0.717) is 12.3 Å². The third-order valence-corrected chi connectivity index (χ3v) is 3.33. The van der Waals surface area contributed by atoms with Crippen LogP contribution in [0.3, 0.4) is 0 Å². The Balaban J connectivity index is 2.40. The van der Waals surface area contributed by atoms with Gasteiger partial charge in [0.2, 0.25) is 5.91 Å². The van der Waals surface area contributed by atoms with E-state index in [1.807, 2.05) is 0 Å². The summed E-state index contributed by atoms with van der Waals surface area (Å²) in [6.07, 6.45) is -2.48. The fourth-order valence-electron chi connectivity index (χ4n) is 2.31. The molecule has 1 saturated heterocycles. The highest BCUT2D eigenvalue weighted by Crippen LogP contribution is 2.22. The minimum Gasteiger partial charge on any atom is -0.352 e. The van der Waals surface area contributed by atoms with Crippen LogP contribution in [0.4, 0.5) is 13.2 Å². The first kappa shape index (κ1) is 15.3. The van der Waals surface area contributed by atoms with Crippen molar-refractivity contribution in [1.82, 2.24) is 10.6 Å². The van der Waals surface area contributed by atoms with Crippen LogP contribution in [0.15, 0.2) is 0 Å². The van der Waals surface area contributed by atoms with E-state index in [1.54, 1.807) is 0 Å². The van der Waals surface area contributed by atoms with E-state index in [0.717, 1.165) is 19.4 Å². The molecule has 0 bridgehead atoms. The third-order valence-electron chi connectivity index (χ3n) is 3.33.